The van der Waals surface area contributed by atoms with Crippen molar-refractivity contribution in [1.29, 1.82) is 0 Å². The van der Waals surface area contributed by atoms with E-state index in [2.05, 4.69) is 22.9 Å². The first kappa shape index (κ1) is 12.4. The van der Waals surface area contributed by atoms with Crippen LogP contribution in [0, 0.1) is 0 Å². The highest BCUT2D eigenvalue weighted by Gasteiger charge is 1.97. The van der Waals surface area contributed by atoms with E-state index in [-0.39, 0.29) is 5.75 Å². The van der Waals surface area contributed by atoms with Gasteiger partial charge in [0.1, 0.15) is 5.75 Å². The quantitative estimate of drug-likeness (QED) is 0.564. The van der Waals surface area contributed by atoms with Gasteiger partial charge in [0.05, 0.1) is 6.61 Å². The van der Waals surface area contributed by atoms with Crippen molar-refractivity contribution in [1.82, 2.24) is 0 Å². The molecular formula is C12H16BrO2. The predicted octanol–water partition coefficient (Wildman–Crippen LogP) is 4.16. The standard InChI is InChI=1S/C12H16BrO2/c1-10(13)4-2-3-9-15-12-7-5-11(14)6-8-12/h5-8,10H,2-4,9H2,1H3. The Balaban J connectivity index is 2.12. The zero-order valence-electron chi connectivity index (χ0n) is 8.91. The van der Waals surface area contributed by atoms with Crippen molar-refractivity contribution < 1.29 is 9.84 Å². The number of hydrogen-bond donors (Lipinski definition) is 0. The van der Waals surface area contributed by atoms with Gasteiger partial charge in [0.25, 0.3) is 0 Å². The minimum atomic E-state index is 0.0236. The SMILES string of the molecule is CC(Br)CCCCOc1ccc([O])cc1. The van der Waals surface area contributed by atoms with Crippen LogP contribution in [0.5, 0.6) is 11.5 Å². The summed E-state index contributed by atoms with van der Waals surface area (Å²) in [6.07, 6.45) is 3.38. The molecule has 0 amide bonds. The number of unbranched alkanes of at least 4 members (excludes halogenated alkanes) is 1. The monoisotopic (exact) mass is 271 g/mol. The molecule has 0 heterocycles. The zero-order chi connectivity index (χ0) is 11.1. The van der Waals surface area contributed by atoms with Crippen LogP contribution in [-0.2, 0) is 5.11 Å². The lowest BCUT2D eigenvalue weighted by molar-refractivity contribution is 0.303. The van der Waals surface area contributed by atoms with E-state index in [4.69, 9.17) is 4.74 Å². The molecule has 0 fully saturated rings. The summed E-state index contributed by atoms with van der Waals surface area (Å²) in [4.78, 5) is 0.581. The number of rotatable bonds is 6. The van der Waals surface area contributed by atoms with E-state index in [1.807, 2.05) is 0 Å². The Bertz CT molecular complexity index is 269. The third-order valence-corrected chi connectivity index (χ3v) is 2.55. The molecule has 0 aliphatic heterocycles. The highest BCUT2D eigenvalue weighted by atomic mass is 79.9. The van der Waals surface area contributed by atoms with Crippen LogP contribution in [-0.4, -0.2) is 11.4 Å². The molecule has 0 bridgehead atoms. The highest BCUT2D eigenvalue weighted by Crippen LogP contribution is 2.17. The molecule has 1 rings (SSSR count). The van der Waals surface area contributed by atoms with Gasteiger partial charge in [0.15, 0.2) is 5.75 Å². The molecule has 2 nitrogen and oxygen atoms in total. The molecule has 0 aliphatic rings. The fraction of sp³-hybridized carbons (Fsp3) is 0.500. The molecule has 1 aromatic carbocycles. The van der Waals surface area contributed by atoms with Gasteiger partial charge in [0.2, 0.25) is 0 Å². The van der Waals surface area contributed by atoms with Crippen molar-refractivity contribution in [2.24, 2.45) is 0 Å². The topological polar surface area (TPSA) is 29.1 Å². The lowest BCUT2D eigenvalue weighted by Crippen LogP contribution is -1.98. The van der Waals surface area contributed by atoms with Gasteiger partial charge < -0.3 is 4.74 Å². The maximum Gasteiger partial charge on any atom is 0.178 e. The molecule has 0 saturated heterocycles. The lowest BCUT2D eigenvalue weighted by Gasteiger charge is -2.06. The summed E-state index contributed by atoms with van der Waals surface area (Å²) in [5.41, 5.74) is 0. The summed E-state index contributed by atoms with van der Waals surface area (Å²) in [6.45, 7) is 2.87. The normalized spacial score (nSPS) is 12.4. The predicted molar refractivity (Wildman–Crippen MR) is 64.3 cm³/mol. The summed E-state index contributed by atoms with van der Waals surface area (Å²) in [7, 11) is 0. The molecule has 1 aromatic rings. The summed E-state index contributed by atoms with van der Waals surface area (Å²) < 4.78 is 5.49. The third-order valence-electron chi connectivity index (χ3n) is 2.09. The Morgan fingerprint density at radius 2 is 1.93 bits per heavy atom. The summed E-state index contributed by atoms with van der Waals surface area (Å²) in [5.74, 6) is 0.803. The minimum Gasteiger partial charge on any atom is -0.494 e. The van der Waals surface area contributed by atoms with Crippen molar-refractivity contribution in [2.75, 3.05) is 6.61 Å². The minimum absolute atomic E-state index is 0.0236. The number of hydrogen-bond acceptors (Lipinski definition) is 1. The van der Waals surface area contributed by atoms with E-state index in [0.29, 0.717) is 4.83 Å². The van der Waals surface area contributed by atoms with E-state index >= 15 is 0 Å². The van der Waals surface area contributed by atoms with Crippen LogP contribution in [0.2, 0.25) is 0 Å². The second-order valence-corrected chi connectivity index (χ2v) is 5.16. The Morgan fingerprint density at radius 3 is 2.53 bits per heavy atom. The second kappa shape index (κ2) is 6.72. The van der Waals surface area contributed by atoms with Gasteiger partial charge in [0, 0.05) is 4.83 Å². The largest absolute Gasteiger partial charge is 0.494 e. The maximum absolute atomic E-state index is 10.8. The molecule has 0 spiro atoms. The van der Waals surface area contributed by atoms with Crippen molar-refractivity contribution >= 4 is 15.9 Å². The Kier molecular flexibility index (Phi) is 5.54. The van der Waals surface area contributed by atoms with Crippen LogP contribution in [0.3, 0.4) is 0 Å². The Hall–Kier alpha value is -0.700. The van der Waals surface area contributed by atoms with Crippen LogP contribution >= 0.6 is 15.9 Å². The molecule has 1 radical (unpaired) electrons. The summed E-state index contributed by atoms with van der Waals surface area (Å²) in [6, 6.07) is 6.48. The van der Waals surface area contributed by atoms with E-state index in [1.54, 1.807) is 12.1 Å². The van der Waals surface area contributed by atoms with E-state index in [9.17, 15) is 5.11 Å². The molecule has 0 aliphatic carbocycles. The lowest BCUT2D eigenvalue weighted by atomic mass is 10.2. The number of halogens is 1. The number of benzene rings is 1. The summed E-state index contributed by atoms with van der Waals surface area (Å²) >= 11 is 3.50. The molecule has 0 N–H and O–H groups in total. The molecule has 0 aromatic heterocycles. The molecule has 1 atom stereocenters. The van der Waals surface area contributed by atoms with Crippen LogP contribution < -0.4 is 4.74 Å². The first-order valence-electron chi connectivity index (χ1n) is 5.22. The first-order chi connectivity index (χ1) is 7.18. The van der Waals surface area contributed by atoms with Crippen molar-refractivity contribution in [3.63, 3.8) is 0 Å². The average molecular weight is 272 g/mol. The number of ether oxygens (including phenoxy) is 1. The van der Waals surface area contributed by atoms with Gasteiger partial charge in [-0.3, -0.25) is 5.11 Å². The smallest absolute Gasteiger partial charge is 0.178 e. The Morgan fingerprint density at radius 1 is 1.27 bits per heavy atom. The fourth-order valence-electron chi connectivity index (χ4n) is 1.25. The van der Waals surface area contributed by atoms with Crippen molar-refractivity contribution in [3.05, 3.63) is 24.3 Å². The Labute approximate surface area is 99.4 Å². The molecule has 0 saturated carbocycles. The second-order valence-electron chi connectivity index (χ2n) is 3.60. The van der Waals surface area contributed by atoms with Gasteiger partial charge in [-0.2, -0.15) is 0 Å². The maximum atomic E-state index is 10.8. The average Bonchev–Trinajstić information content (AvgIpc) is 2.20. The van der Waals surface area contributed by atoms with Gasteiger partial charge in [-0.25, -0.2) is 0 Å². The van der Waals surface area contributed by atoms with Crippen molar-refractivity contribution in [2.45, 2.75) is 31.0 Å². The van der Waals surface area contributed by atoms with Gasteiger partial charge in [-0.05, 0) is 43.5 Å². The molecule has 1 unspecified atom stereocenters. The van der Waals surface area contributed by atoms with Crippen LogP contribution in [0.1, 0.15) is 26.2 Å². The molecule has 15 heavy (non-hydrogen) atoms. The van der Waals surface area contributed by atoms with Gasteiger partial charge >= 0.3 is 0 Å². The third kappa shape index (κ3) is 5.67. The fourth-order valence-corrected chi connectivity index (χ4v) is 1.58. The van der Waals surface area contributed by atoms with E-state index in [1.165, 1.54) is 18.6 Å². The zero-order valence-corrected chi connectivity index (χ0v) is 10.5. The van der Waals surface area contributed by atoms with Crippen molar-refractivity contribution in [3.8, 4) is 11.5 Å². The number of alkyl halides is 1. The highest BCUT2D eigenvalue weighted by molar-refractivity contribution is 9.09. The molecule has 3 heteroatoms. The van der Waals surface area contributed by atoms with Crippen LogP contribution in [0.4, 0.5) is 0 Å². The molecule has 83 valence electrons. The van der Waals surface area contributed by atoms with Gasteiger partial charge in [-0.15, -0.1) is 0 Å². The summed E-state index contributed by atoms with van der Waals surface area (Å²) in [5, 5.41) is 10.8. The van der Waals surface area contributed by atoms with Crippen LogP contribution in [0.15, 0.2) is 24.3 Å². The van der Waals surface area contributed by atoms with Crippen LogP contribution in [0.25, 0.3) is 0 Å². The van der Waals surface area contributed by atoms with E-state index < -0.39 is 0 Å². The first-order valence-corrected chi connectivity index (χ1v) is 6.14. The van der Waals surface area contributed by atoms with E-state index in [0.717, 1.165) is 25.2 Å². The van der Waals surface area contributed by atoms with Gasteiger partial charge in [-0.1, -0.05) is 22.9 Å². The molecular weight excluding hydrogens is 256 g/mol.